The van der Waals surface area contributed by atoms with Crippen LogP contribution in [0.15, 0.2) is 58.0 Å². The van der Waals surface area contributed by atoms with Crippen LogP contribution in [0, 0.1) is 0 Å². The fourth-order valence-corrected chi connectivity index (χ4v) is 8.22. The topological polar surface area (TPSA) is 122 Å². The number of anilines is 1. The molecule has 0 spiro atoms. The molecule has 0 saturated heterocycles. The van der Waals surface area contributed by atoms with E-state index in [0.29, 0.717) is 36.0 Å². The smallest absolute Gasteiger partial charge is 0.263 e. The predicted molar refractivity (Wildman–Crippen MR) is 166 cm³/mol. The molecule has 2 heterocycles. The normalized spacial score (nSPS) is 15.3. The first kappa shape index (κ1) is 32.3. The van der Waals surface area contributed by atoms with Crippen LogP contribution >= 0.6 is 46.3 Å². The van der Waals surface area contributed by atoms with Crippen molar-refractivity contribution in [2.45, 2.75) is 50.5 Å². The zero-order valence-electron chi connectivity index (χ0n) is 22.2. The van der Waals surface area contributed by atoms with Gasteiger partial charge in [-0.25, -0.2) is 16.8 Å². The highest BCUT2D eigenvalue weighted by Crippen LogP contribution is 2.47. The molecule has 3 aromatic rings. The molecule has 0 atom stereocenters. The highest BCUT2D eigenvalue weighted by Gasteiger charge is 2.26. The number of hydrogen-bond acceptors (Lipinski definition) is 9. The van der Waals surface area contributed by atoms with Gasteiger partial charge in [-0.1, -0.05) is 53.2 Å². The SMILES string of the molecule is CCC(=C/c1sc2ccc(Cl)cc2[n+]1CCCCS(=O)(=O)[O-])/C=C1\Sc2ccc(Cl)cc2N1CCCCS(=O)(=O)[O-]. The van der Waals surface area contributed by atoms with Gasteiger partial charge in [-0.2, -0.15) is 4.57 Å². The Morgan fingerprint density at radius 2 is 1.61 bits per heavy atom. The van der Waals surface area contributed by atoms with Gasteiger partial charge in [0.25, 0.3) is 5.01 Å². The minimum atomic E-state index is -4.27. The van der Waals surface area contributed by atoms with E-state index in [4.69, 9.17) is 23.2 Å². The molecule has 1 aromatic heterocycles. The summed E-state index contributed by atoms with van der Waals surface area (Å²) in [6.07, 6.45) is 6.52. The van der Waals surface area contributed by atoms with Crippen LogP contribution in [0.3, 0.4) is 0 Å². The van der Waals surface area contributed by atoms with Gasteiger partial charge in [-0.3, -0.25) is 0 Å². The van der Waals surface area contributed by atoms with Crippen molar-refractivity contribution in [3.63, 3.8) is 0 Å². The van der Waals surface area contributed by atoms with E-state index in [1.807, 2.05) is 36.4 Å². The van der Waals surface area contributed by atoms with Gasteiger partial charge in [0.2, 0.25) is 5.52 Å². The number of halogens is 2. The first-order valence-corrected chi connectivity index (χ1v) is 18.5. The molecule has 0 amide bonds. The van der Waals surface area contributed by atoms with Gasteiger partial charge in [0.15, 0.2) is 6.54 Å². The molecule has 8 nitrogen and oxygen atoms in total. The molecule has 0 saturated carbocycles. The fourth-order valence-electron chi connectivity index (χ4n) is 4.49. The fraction of sp³-hybridized carbons (Fsp3) is 0.370. The van der Waals surface area contributed by atoms with Crippen molar-refractivity contribution < 1.29 is 30.5 Å². The van der Waals surface area contributed by atoms with E-state index in [-0.39, 0.29) is 12.8 Å². The van der Waals surface area contributed by atoms with Gasteiger partial charge in [-0.05, 0) is 67.7 Å². The molecule has 222 valence electrons. The number of benzene rings is 2. The van der Waals surface area contributed by atoms with Gasteiger partial charge < -0.3 is 14.0 Å². The quantitative estimate of drug-likeness (QED) is 0.116. The second-order valence-corrected chi connectivity index (χ2v) is 15.6. The lowest BCUT2D eigenvalue weighted by atomic mass is 10.2. The van der Waals surface area contributed by atoms with Crippen molar-refractivity contribution in [2.24, 2.45) is 0 Å². The Kier molecular flexibility index (Phi) is 10.8. The van der Waals surface area contributed by atoms with Crippen molar-refractivity contribution in [1.29, 1.82) is 0 Å². The summed E-state index contributed by atoms with van der Waals surface area (Å²) in [5.41, 5.74) is 2.93. The van der Waals surface area contributed by atoms with Crippen LogP contribution in [-0.2, 0) is 26.8 Å². The van der Waals surface area contributed by atoms with E-state index in [1.54, 1.807) is 23.1 Å². The molecule has 41 heavy (non-hydrogen) atoms. The van der Waals surface area contributed by atoms with Crippen LogP contribution in [-0.4, -0.2) is 44.0 Å². The Morgan fingerprint density at radius 1 is 0.951 bits per heavy atom. The lowest BCUT2D eigenvalue weighted by Crippen LogP contribution is -2.35. The van der Waals surface area contributed by atoms with Gasteiger partial charge in [0.05, 0.1) is 31.0 Å². The lowest BCUT2D eigenvalue weighted by molar-refractivity contribution is -0.669. The van der Waals surface area contributed by atoms with E-state index in [1.165, 1.54) is 0 Å². The summed E-state index contributed by atoms with van der Waals surface area (Å²) in [7, 11) is -8.53. The molecule has 0 aliphatic carbocycles. The third-order valence-electron chi connectivity index (χ3n) is 6.46. The average molecular weight is 677 g/mol. The number of allylic oxidation sites excluding steroid dienone is 2. The molecule has 0 radical (unpaired) electrons. The summed E-state index contributed by atoms with van der Waals surface area (Å²) in [6, 6.07) is 11.3. The molecule has 4 rings (SSSR count). The Balaban J connectivity index is 1.65. The van der Waals surface area contributed by atoms with Crippen LogP contribution in [0.4, 0.5) is 5.69 Å². The standard InChI is InChI=1S/C27H30Cl2N2O6S4/c1-2-19(15-26-30(11-3-5-13-40(32,33)34)22-17-20(28)7-9-24(22)38-26)16-27-31(12-4-6-14-41(35,36)37)23-18-21(29)8-10-25(23)39-27/h7-10,15-18H,2-6,11-14H2,1H3,(H-,32,33,34,35,36,37)/p-1. The molecule has 1 aliphatic heterocycles. The first-order chi connectivity index (χ1) is 19.3. The number of thioether (sulfide) groups is 1. The van der Waals surface area contributed by atoms with Gasteiger partial charge >= 0.3 is 0 Å². The molecule has 1 aliphatic rings. The second kappa shape index (κ2) is 13.8. The van der Waals surface area contributed by atoms with Crippen LogP contribution < -0.4 is 9.47 Å². The highest BCUT2D eigenvalue weighted by atomic mass is 35.5. The number of fused-ring (bicyclic) bond motifs is 2. The van der Waals surface area contributed by atoms with Crippen LogP contribution in [0.25, 0.3) is 16.3 Å². The second-order valence-electron chi connectivity index (χ2n) is 9.56. The van der Waals surface area contributed by atoms with E-state index < -0.39 is 31.7 Å². The third kappa shape index (κ3) is 9.17. The number of thiazole rings is 1. The van der Waals surface area contributed by atoms with Gasteiger partial charge in [-0.15, -0.1) is 0 Å². The number of hydrogen-bond donors (Lipinski definition) is 0. The van der Waals surface area contributed by atoms with E-state index >= 15 is 0 Å². The summed E-state index contributed by atoms with van der Waals surface area (Å²) in [5.74, 6) is -0.793. The lowest BCUT2D eigenvalue weighted by Gasteiger charge is -2.21. The largest absolute Gasteiger partial charge is 0.748 e. The van der Waals surface area contributed by atoms with Gasteiger partial charge in [0, 0.05) is 51.6 Å². The Hall–Kier alpha value is -1.64. The van der Waals surface area contributed by atoms with Crippen LogP contribution in [0.1, 0.15) is 44.0 Å². The van der Waals surface area contributed by atoms with Crippen molar-refractivity contribution in [2.75, 3.05) is 23.0 Å². The number of unbranched alkanes of at least 4 members (excludes halogenated alkanes) is 2. The summed E-state index contributed by atoms with van der Waals surface area (Å²) in [5, 5.41) is 3.13. The monoisotopic (exact) mass is 675 g/mol. The van der Waals surface area contributed by atoms with Gasteiger partial charge in [0.1, 0.15) is 4.70 Å². The zero-order valence-corrected chi connectivity index (χ0v) is 27.0. The van der Waals surface area contributed by atoms with Crippen molar-refractivity contribution in [3.05, 3.63) is 68.1 Å². The van der Waals surface area contributed by atoms with Crippen LogP contribution in [0.2, 0.25) is 10.0 Å². The molecule has 0 fully saturated rings. The summed E-state index contributed by atoms with van der Waals surface area (Å²) < 4.78 is 69.6. The predicted octanol–water partition coefficient (Wildman–Crippen LogP) is 6.39. The summed E-state index contributed by atoms with van der Waals surface area (Å²) >= 11 is 15.8. The summed E-state index contributed by atoms with van der Waals surface area (Å²) in [6.45, 7) is 3.12. The molecule has 2 aromatic carbocycles. The van der Waals surface area contributed by atoms with E-state index in [0.717, 1.165) is 42.8 Å². The average Bonchev–Trinajstić information content (AvgIpc) is 3.39. The molecular formula is C27H29Cl2N2O6S4-. The highest BCUT2D eigenvalue weighted by molar-refractivity contribution is 8.03. The zero-order chi connectivity index (χ0) is 29.8. The minimum absolute atomic E-state index is 0.268. The molecule has 0 N–H and O–H groups in total. The Labute approximate surface area is 259 Å². The van der Waals surface area contributed by atoms with Crippen LogP contribution in [0.5, 0.6) is 0 Å². The minimum Gasteiger partial charge on any atom is -0.748 e. The maximum atomic E-state index is 11.1. The Bertz CT molecular complexity index is 1700. The molecule has 0 unspecified atom stereocenters. The number of nitrogens with zero attached hydrogens (tertiary/aromatic N) is 2. The maximum Gasteiger partial charge on any atom is 0.263 e. The molecular weight excluding hydrogens is 647 g/mol. The summed E-state index contributed by atoms with van der Waals surface area (Å²) in [4.78, 5) is 3.14. The number of aryl methyl sites for hydroxylation is 1. The maximum absolute atomic E-state index is 11.1. The molecule has 0 bridgehead atoms. The Morgan fingerprint density at radius 3 is 2.29 bits per heavy atom. The number of aromatic nitrogens is 1. The van der Waals surface area contributed by atoms with Crippen molar-refractivity contribution in [1.82, 2.24) is 0 Å². The van der Waals surface area contributed by atoms with E-state index in [2.05, 4.69) is 28.5 Å². The van der Waals surface area contributed by atoms with E-state index in [9.17, 15) is 25.9 Å². The van der Waals surface area contributed by atoms with Crippen molar-refractivity contribution in [3.8, 4) is 0 Å². The van der Waals surface area contributed by atoms with Crippen molar-refractivity contribution >= 4 is 88.5 Å². The number of rotatable bonds is 13. The molecule has 14 heteroatoms. The first-order valence-electron chi connectivity index (χ1n) is 13.0. The third-order valence-corrected chi connectivity index (χ3v) is 10.7.